The molecular weight excluding hydrogens is 316 g/mol. The van der Waals surface area contributed by atoms with E-state index in [4.69, 9.17) is 9.47 Å². The van der Waals surface area contributed by atoms with Gasteiger partial charge in [-0.05, 0) is 0 Å². The molecule has 0 bridgehead atoms. The van der Waals surface area contributed by atoms with Crippen molar-refractivity contribution in [2.75, 3.05) is 13.2 Å². The number of nitrogens with zero attached hydrogens (tertiary/aromatic N) is 2. The van der Waals surface area contributed by atoms with Crippen LogP contribution in [0, 0.1) is 0 Å². The highest BCUT2D eigenvalue weighted by Crippen LogP contribution is 2.38. The van der Waals surface area contributed by atoms with Gasteiger partial charge in [-0.25, -0.2) is 0 Å². The number of esters is 1. The van der Waals surface area contributed by atoms with Gasteiger partial charge in [-0.1, -0.05) is 60.7 Å². The van der Waals surface area contributed by atoms with Crippen molar-refractivity contribution in [3.8, 4) is 28.3 Å². The lowest BCUT2D eigenvalue weighted by Gasteiger charge is -2.10. The van der Waals surface area contributed by atoms with E-state index >= 15 is 0 Å². The number of benzene rings is 2. The maximum absolute atomic E-state index is 10.9. The van der Waals surface area contributed by atoms with Gasteiger partial charge < -0.3 is 9.47 Å². The van der Waals surface area contributed by atoms with Crippen molar-refractivity contribution in [2.24, 2.45) is 7.05 Å². The Hall–Kier alpha value is -3.08. The maximum Gasteiger partial charge on any atom is 0.302 e. The Labute approximate surface area is 146 Å². The first kappa shape index (κ1) is 16.8. The fraction of sp³-hybridized carbons (Fsp3) is 0.200. The molecule has 0 aliphatic carbocycles. The van der Waals surface area contributed by atoms with Crippen LogP contribution in [0.1, 0.15) is 6.92 Å². The average Bonchev–Trinajstić information content (AvgIpc) is 2.96. The highest BCUT2D eigenvalue weighted by Gasteiger charge is 2.20. The van der Waals surface area contributed by atoms with E-state index in [2.05, 4.69) is 5.10 Å². The standard InChI is InChI=1S/C20H20N2O3/c1-15(23)24-13-14-25-20-18(16-9-5-3-6-10-16)21-22(2)19(20)17-11-7-4-8-12-17/h3-12H,13-14H2,1-2H3. The van der Waals surface area contributed by atoms with E-state index in [9.17, 15) is 4.79 Å². The SMILES string of the molecule is CC(=O)OCCOc1c(-c2ccccc2)nn(C)c1-c1ccccc1. The summed E-state index contributed by atoms with van der Waals surface area (Å²) in [5.74, 6) is 0.369. The molecule has 128 valence electrons. The zero-order valence-electron chi connectivity index (χ0n) is 14.3. The van der Waals surface area contributed by atoms with Crippen LogP contribution in [0.2, 0.25) is 0 Å². The first-order chi connectivity index (χ1) is 12.2. The molecule has 25 heavy (non-hydrogen) atoms. The van der Waals surface area contributed by atoms with Crippen molar-refractivity contribution >= 4 is 5.97 Å². The molecule has 0 aliphatic rings. The van der Waals surface area contributed by atoms with E-state index in [1.807, 2.05) is 72.4 Å². The van der Waals surface area contributed by atoms with Crippen LogP contribution < -0.4 is 4.74 Å². The van der Waals surface area contributed by atoms with E-state index in [0.29, 0.717) is 5.75 Å². The zero-order chi connectivity index (χ0) is 17.6. The molecule has 0 fully saturated rings. The second-order valence-electron chi connectivity index (χ2n) is 5.57. The van der Waals surface area contributed by atoms with Gasteiger partial charge in [0.05, 0.1) is 0 Å². The predicted molar refractivity (Wildman–Crippen MR) is 96.2 cm³/mol. The molecule has 0 saturated carbocycles. The molecule has 0 unspecified atom stereocenters. The molecule has 0 aliphatic heterocycles. The number of hydrogen-bond acceptors (Lipinski definition) is 4. The van der Waals surface area contributed by atoms with Crippen LogP contribution in [0.4, 0.5) is 0 Å². The molecule has 3 rings (SSSR count). The Bertz CT molecular complexity index is 842. The van der Waals surface area contributed by atoms with Crippen LogP contribution in [0.3, 0.4) is 0 Å². The van der Waals surface area contributed by atoms with Crippen molar-refractivity contribution in [3.63, 3.8) is 0 Å². The number of carbonyl (C=O) groups excluding carboxylic acids is 1. The van der Waals surface area contributed by atoms with Crippen molar-refractivity contribution in [1.29, 1.82) is 0 Å². The zero-order valence-corrected chi connectivity index (χ0v) is 14.3. The van der Waals surface area contributed by atoms with Gasteiger partial charge in [-0.15, -0.1) is 0 Å². The number of ether oxygens (including phenoxy) is 2. The molecule has 5 nitrogen and oxygen atoms in total. The Kier molecular flexibility index (Phi) is 5.14. The number of rotatable bonds is 6. The largest absolute Gasteiger partial charge is 0.485 e. The Morgan fingerprint density at radius 3 is 2.16 bits per heavy atom. The number of aromatic nitrogens is 2. The molecule has 0 atom stereocenters. The average molecular weight is 336 g/mol. The number of hydrogen-bond donors (Lipinski definition) is 0. The van der Waals surface area contributed by atoms with Crippen LogP contribution in [0.15, 0.2) is 60.7 Å². The summed E-state index contributed by atoms with van der Waals surface area (Å²) < 4.78 is 12.8. The fourth-order valence-corrected chi connectivity index (χ4v) is 2.67. The second kappa shape index (κ2) is 7.66. The molecule has 0 amide bonds. The Morgan fingerprint density at radius 1 is 0.960 bits per heavy atom. The van der Waals surface area contributed by atoms with E-state index in [-0.39, 0.29) is 19.2 Å². The third-order valence-electron chi connectivity index (χ3n) is 3.73. The van der Waals surface area contributed by atoms with Crippen LogP contribution in [-0.2, 0) is 16.6 Å². The van der Waals surface area contributed by atoms with Gasteiger partial charge in [-0.3, -0.25) is 9.48 Å². The summed E-state index contributed by atoms with van der Waals surface area (Å²) in [6.45, 7) is 1.85. The van der Waals surface area contributed by atoms with Crippen molar-refractivity contribution in [2.45, 2.75) is 6.92 Å². The van der Waals surface area contributed by atoms with Crippen LogP contribution >= 0.6 is 0 Å². The minimum absolute atomic E-state index is 0.201. The van der Waals surface area contributed by atoms with Gasteiger partial charge in [0.2, 0.25) is 0 Å². The number of aryl methyl sites for hydroxylation is 1. The maximum atomic E-state index is 10.9. The van der Waals surface area contributed by atoms with Gasteiger partial charge >= 0.3 is 5.97 Å². The molecule has 0 radical (unpaired) electrons. The summed E-state index contributed by atoms with van der Waals surface area (Å²) in [5.41, 5.74) is 3.65. The van der Waals surface area contributed by atoms with E-state index < -0.39 is 0 Å². The smallest absolute Gasteiger partial charge is 0.302 e. The first-order valence-corrected chi connectivity index (χ1v) is 8.11. The molecule has 0 spiro atoms. The van der Waals surface area contributed by atoms with Crippen molar-refractivity contribution in [1.82, 2.24) is 9.78 Å². The molecule has 0 saturated heterocycles. The van der Waals surface area contributed by atoms with E-state index in [0.717, 1.165) is 22.5 Å². The first-order valence-electron chi connectivity index (χ1n) is 8.11. The summed E-state index contributed by atoms with van der Waals surface area (Å²) in [6.07, 6.45) is 0. The highest BCUT2D eigenvalue weighted by molar-refractivity contribution is 5.78. The van der Waals surface area contributed by atoms with Gasteiger partial charge in [0.25, 0.3) is 0 Å². The molecule has 1 heterocycles. The topological polar surface area (TPSA) is 53.4 Å². The highest BCUT2D eigenvalue weighted by atomic mass is 16.6. The molecule has 0 N–H and O–H groups in total. The Morgan fingerprint density at radius 2 is 1.56 bits per heavy atom. The molecule has 1 aromatic heterocycles. The molecule has 2 aromatic carbocycles. The predicted octanol–water partition coefficient (Wildman–Crippen LogP) is 3.70. The second-order valence-corrected chi connectivity index (χ2v) is 5.57. The van der Waals surface area contributed by atoms with Gasteiger partial charge in [0.15, 0.2) is 5.75 Å². The van der Waals surface area contributed by atoms with Gasteiger partial charge in [0.1, 0.15) is 24.6 Å². The minimum atomic E-state index is -0.318. The monoisotopic (exact) mass is 336 g/mol. The third kappa shape index (κ3) is 3.88. The fourth-order valence-electron chi connectivity index (χ4n) is 2.67. The Balaban J connectivity index is 1.99. The quantitative estimate of drug-likeness (QED) is 0.509. The van der Waals surface area contributed by atoms with Crippen molar-refractivity contribution in [3.05, 3.63) is 60.7 Å². The van der Waals surface area contributed by atoms with Crippen LogP contribution in [0.25, 0.3) is 22.5 Å². The summed E-state index contributed by atoms with van der Waals surface area (Å²) in [7, 11) is 1.90. The number of carbonyl (C=O) groups is 1. The molecular formula is C20H20N2O3. The normalized spacial score (nSPS) is 10.5. The lowest BCUT2D eigenvalue weighted by molar-refractivity contribution is -0.141. The van der Waals surface area contributed by atoms with Gasteiger partial charge in [0, 0.05) is 25.1 Å². The lowest BCUT2D eigenvalue weighted by Crippen LogP contribution is -2.10. The molecule has 3 aromatic rings. The van der Waals surface area contributed by atoms with Crippen molar-refractivity contribution < 1.29 is 14.3 Å². The van der Waals surface area contributed by atoms with Gasteiger partial charge in [-0.2, -0.15) is 5.10 Å². The van der Waals surface area contributed by atoms with E-state index in [1.54, 1.807) is 0 Å². The van der Waals surface area contributed by atoms with E-state index in [1.165, 1.54) is 6.92 Å². The van der Waals surface area contributed by atoms with Crippen LogP contribution in [0.5, 0.6) is 5.75 Å². The summed E-state index contributed by atoms with van der Waals surface area (Å²) in [6, 6.07) is 19.9. The van der Waals surface area contributed by atoms with Crippen LogP contribution in [-0.4, -0.2) is 29.0 Å². The summed E-state index contributed by atoms with van der Waals surface area (Å²) >= 11 is 0. The lowest BCUT2D eigenvalue weighted by atomic mass is 10.1. The minimum Gasteiger partial charge on any atom is -0.485 e. The summed E-state index contributed by atoms with van der Waals surface area (Å²) in [4.78, 5) is 10.9. The summed E-state index contributed by atoms with van der Waals surface area (Å²) in [5, 5.41) is 4.65. The molecule has 5 heteroatoms. The third-order valence-corrected chi connectivity index (χ3v) is 3.73.